The molecule has 0 aliphatic carbocycles. The van der Waals surface area contributed by atoms with Crippen molar-refractivity contribution in [3.63, 3.8) is 0 Å². The van der Waals surface area contributed by atoms with E-state index in [0.717, 1.165) is 19.3 Å². The van der Waals surface area contributed by atoms with Crippen LogP contribution in [-0.4, -0.2) is 36.0 Å². The topological polar surface area (TPSA) is 76.3 Å². The number of hydrogen-bond donors (Lipinski definition) is 0. The number of hydrogen-bond acceptors (Lipinski definition) is 5. The smallest absolute Gasteiger partial charge is 0.249 e. The van der Waals surface area contributed by atoms with Crippen LogP contribution in [0.5, 0.6) is 0 Å². The van der Waals surface area contributed by atoms with Gasteiger partial charge in [-0.25, -0.2) is 8.42 Å². The molecule has 0 radical (unpaired) electrons. The number of aromatic nitrogens is 2. The summed E-state index contributed by atoms with van der Waals surface area (Å²) in [6.45, 7) is 1.12. The first kappa shape index (κ1) is 18.2. The van der Waals surface area contributed by atoms with E-state index in [1.54, 1.807) is 40.7 Å². The van der Waals surface area contributed by atoms with Gasteiger partial charge in [0.05, 0.1) is 15.5 Å². The van der Waals surface area contributed by atoms with Gasteiger partial charge in [-0.2, -0.15) is 4.31 Å². The van der Waals surface area contributed by atoms with Crippen LogP contribution in [0.15, 0.2) is 57.8 Å². The van der Waals surface area contributed by atoms with E-state index in [2.05, 4.69) is 10.2 Å². The predicted molar refractivity (Wildman–Crippen MR) is 103 cm³/mol. The van der Waals surface area contributed by atoms with Crippen molar-refractivity contribution in [2.24, 2.45) is 0 Å². The van der Waals surface area contributed by atoms with Crippen LogP contribution in [0.2, 0.25) is 5.02 Å². The average molecular weight is 404 g/mol. The van der Waals surface area contributed by atoms with E-state index in [1.165, 1.54) is 0 Å². The Kier molecular flexibility index (Phi) is 4.99. The van der Waals surface area contributed by atoms with Gasteiger partial charge in [0.2, 0.25) is 21.8 Å². The zero-order valence-electron chi connectivity index (χ0n) is 14.5. The Balaban J connectivity index is 1.66. The van der Waals surface area contributed by atoms with Gasteiger partial charge in [-0.05, 0) is 43.2 Å². The molecule has 0 N–H and O–H groups in total. The summed E-state index contributed by atoms with van der Waals surface area (Å²) in [4.78, 5) is 0.236. The van der Waals surface area contributed by atoms with Crippen LogP contribution >= 0.6 is 11.6 Å². The summed E-state index contributed by atoms with van der Waals surface area (Å²) < 4.78 is 33.0. The van der Waals surface area contributed by atoms with E-state index in [1.807, 2.05) is 12.1 Å². The molecule has 4 rings (SSSR count). The van der Waals surface area contributed by atoms with Crippen LogP contribution in [-0.2, 0) is 10.0 Å². The minimum Gasteiger partial charge on any atom is -0.416 e. The fourth-order valence-electron chi connectivity index (χ4n) is 3.13. The third kappa shape index (κ3) is 3.63. The van der Waals surface area contributed by atoms with E-state index in [9.17, 15) is 8.42 Å². The Morgan fingerprint density at radius 3 is 2.44 bits per heavy atom. The Bertz CT molecular complexity index is 1060. The molecule has 2 heterocycles. The first-order valence-corrected chi connectivity index (χ1v) is 10.6. The molecule has 0 atom stereocenters. The van der Waals surface area contributed by atoms with Gasteiger partial charge in [-0.3, -0.25) is 0 Å². The molecule has 1 saturated heterocycles. The number of sulfonamides is 1. The molecule has 140 valence electrons. The van der Waals surface area contributed by atoms with Gasteiger partial charge < -0.3 is 4.42 Å². The highest BCUT2D eigenvalue weighted by Gasteiger charge is 2.26. The Labute approximate surface area is 162 Å². The van der Waals surface area contributed by atoms with Crippen molar-refractivity contribution in [2.45, 2.75) is 24.2 Å². The molecular weight excluding hydrogens is 386 g/mol. The largest absolute Gasteiger partial charge is 0.416 e. The van der Waals surface area contributed by atoms with Crippen LogP contribution in [0.25, 0.3) is 22.9 Å². The molecule has 3 aromatic rings. The molecule has 1 aliphatic heterocycles. The third-order valence-corrected chi connectivity index (χ3v) is 6.79. The molecule has 0 amide bonds. The standard InChI is InChI=1S/C19H18ClN3O3S/c20-17-10-3-2-9-16(17)19-22-21-18(26-19)14-7-6-8-15(13-14)27(24,25)23-11-4-1-5-12-23/h2-3,6-10,13H,1,4-5,11-12H2. The molecule has 0 spiro atoms. The quantitative estimate of drug-likeness (QED) is 0.651. The van der Waals surface area contributed by atoms with Crippen LogP contribution in [0.3, 0.4) is 0 Å². The van der Waals surface area contributed by atoms with Gasteiger partial charge in [0.25, 0.3) is 0 Å². The highest BCUT2D eigenvalue weighted by molar-refractivity contribution is 7.89. The van der Waals surface area contributed by atoms with Crippen molar-refractivity contribution in [1.29, 1.82) is 0 Å². The second-order valence-electron chi connectivity index (χ2n) is 6.38. The predicted octanol–water partition coefficient (Wildman–Crippen LogP) is 4.23. The molecule has 1 aliphatic rings. The minimum absolute atomic E-state index is 0.236. The van der Waals surface area contributed by atoms with E-state index < -0.39 is 10.0 Å². The molecule has 1 aromatic heterocycles. The summed E-state index contributed by atoms with van der Waals surface area (Å²) in [5.74, 6) is 0.542. The zero-order chi connectivity index (χ0) is 18.9. The maximum absolute atomic E-state index is 12.9. The Morgan fingerprint density at radius 2 is 1.67 bits per heavy atom. The maximum atomic E-state index is 12.9. The fraction of sp³-hybridized carbons (Fsp3) is 0.263. The van der Waals surface area contributed by atoms with Crippen LogP contribution in [0.1, 0.15) is 19.3 Å². The van der Waals surface area contributed by atoms with E-state index in [-0.39, 0.29) is 10.8 Å². The zero-order valence-corrected chi connectivity index (χ0v) is 16.1. The minimum atomic E-state index is -3.52. The lowest BCUT2D eigenvalue weighted by molar-refractivity contribution is 0.346. The Morgan fingerprint density at radius 1 is 0.926 bits per heavy atom. The van der Waals surface area contributed by atoms with Crippen molar-refractivity contribution in [3.8, 4) is 22.9 Å². The monoisotopic (exact) mass is 403 g/mol. The summed E-state index contributed by atoms with van der Waals surface area (Å²) in [5, 5.41) is 8.61. The lowest BCUT2D eigenvalue weighted by Crippen LogP contribution is -2.35. The summed E-state index contributed by atoms with van der Waals surface area (Å²) in [6, 6.07) is 13.8. The van der Waals surface area contributed by atoms with Crippen LogP contribution < -0.4 is 0 Å². The van der Waals surface area contributed by atoms with Gasteiger partial charge in [0.15, 0.2) is 0 Å². The van der Waals surface area contributed by atoms with Crippen molar-refractivity contribution in [2.75, 3.05) is 13.1 Å². The summed E-state index contributed by atoms with van der Waals surface area (Å²) >= 11 is 6.17. The normalized spacial score (nSPS) is 15.7. The number of halogens is 1. The second kappa shape index (κ2) is 7.42. The van der Waals surface area contributed by atoms with Gasteiger partial charge in [-0.1, -0.05) is 36.2 Å². The van der Waals surface area contributed by atoms with Gasteiger partial charge in [-0.15, -0.1) is 10.2 Å². The number of piperidine rings is 1. The van der Waals surface area contributed by atoms with Gasteiger partial charge in [0, 0.05) is 18.7 Å². The van der Waals surface area contributed by atoms with E-state index >= 15 is 0 Å². The number of nitrogens with zero attached hydrogens (tertiary/aromatic N) is 3. The lowest BCUT2D eigenvalue weighted by Gasteiger charge is -2.25. The second-order valence-corrected chi connectivity index (χ2v) is 8.73. The SMILES string of the molecule is O=S(=O)(c1cccc(-c2nnc(-c3ccccc3Cl)o2)c1)N1CCCCC1. The van der Waals surface area contributed by atoms with Crippen molar-refractivity contribution >= 4 is 21.6 Å². The van der Waals surface area contributed by atoms with Crippen molar-refractivity contribution in [3.05, 3.63) is 53.6 Å². The molecule has 2 aromatic carbocycles. The molecule has 1 fully saturated rings. The maximum Gasteiger partial charge on any atom is 0.249 e. The summed E-state index contributed by atoms with van der Waals surface area (Å²) in [5.41, 5.74) is 1.19. The van der Waals surface area contributed by atoms with Crippen LogP contribution in [0, 0.1) is 0 Å². The molecule has 0 bridgehead atoms. The third-order valence-electron chi connectivity index (χ3n) is 4.56. The molecule has 8 heteroatoms. The molecule has 27 heavy (non-hydrogen) atoms. The van der Waals surface area contributed by atoms with E-state index in [0.29, 0.717) is 35.1 Å². The lowest BCUT2D eigenvalue weighted by atomic mass is 10.2. The Hall–Kier alpha value is -2.22. The van der Waals surface area contributed by atoms with Gasteiger partial charge >= 0.3 is 0 Å². The first-order valence-electron chi connectivity index (χ1n) is 8.75. The highest BCUT2D eigenvalue weighted by Crippen LogP contribution is 2.30. The average Bonchev–Trinajstić information content (AvgIpc) is 3.19. The van der Waals surface area contributed by atoms with E-state index in [4.69, 9.17) is 16.0 Å². The molecule has 6 nitrogen and oxygen atoms in total. The summed E-state index contributed by atoms with van der Waals surface area (Å²) in [7, 11) is -3.52. The molecular formula is C19H18ClN3O3S. The first-order chi connectivity index (χ1) is 13.1. The summed E-state index contributed by atoms with van der Waals surface area (Å²) in [6.07, 6.45) is 2.85. The van der Waals surface area contributed by atoms with Gasteiger partial charge in [0.1, 0.15) is 0 Å². The number of benzene rings is 2. The fourth-order valence-corrected chi connectivity index (χ4v) is 4.91. The van der Waals surface area contributed by atoms with Crippen molar-refractivity contribution < 1.29 is 12.8 Å². The van der Waals surface area contributed by atoms with Crippen molar-refractivity contribution in [1.82, 2.24) is 14.5 Å². The number of rotatable bonds is 4. The molecule has 0 saturated carbocycles. The van der Waals surface area contributed by atoms with Crippen LogP contribution in [0.4, 0.5) is 0 Å². The highest BCUT2D eigenvalue weighted by atomic mass is 35.5. The molecule has 0 unspecified atom stereocenters.